The Balaban J connectivity index is 1.84. The Morgan fingerprint density at radius 2 is 1.88 bits per heavy atom. The molecule has 0 unspecified atom stereocenters. The van der Waals surface area contributed by atoms with Crippen LogP contribution in [0.2, 0.25) is 0 Å². The molecule has 0 aliphatic carbocycles. The standard InChI is InChI=1S/C22H26N2O2/c1-3-22(25)23-13-14-24-19(11-9-17-7-5-4-6-8-17)15-18-10-12-20(26-2)16-21(18)24/h4-8,10,12,15-16H,3,9,11,13-14H2,1-2H3,(H,23,25). The van der Waals surface area contributed by atoms with E-state index in [0.717, 1.165) is 30.7 Å². The second-order valence-corrected chi connectivity index (χ2v) is 6.40. The van der Waals surface area contributed by atoms with Crippen molar-refractivity contribution in [3.05, 3.63) is 65.9 Å². The van der Waals surface area contributed by atoms with Gasteiger partial charge >= 0.3 is 0 Å². The second-order valence-electron chi connectivity index (χ2n) is 6.40. The summed E-state index contributed by atoms with van der Waals surface area (Å²) in [4.78, 5) is 11.6. The number of nitrogens with one attached hydrogen (secondary N) is 1. The van der Waals surface area contributed by atoms with Gasteiger partial charge in [-0.1, -0.05) is 37.3 Å². The predicted octanol–water partition coefficient (Wildman–Crippen LogP) is 3.96. The van der Waals surface area contributed by atoms with Gasteiger partial charge in [0.15, 0.2) is 0 Å². The molecule has 0 fully saturated rings. The molecule has 136 valence electrons. The molecular formula is C22H26N2O2. The molecule has 3 aromatic rings. The lowest BCUT2D eigenvalue weighted by atomic mass is 10.1. The van der Waals surface area contributed by atoms with Crippen LogP contribution in [-0.4, -0.2) is 24.1 Å². The predicted molar refractivity (Wildman–Crippen MR) is 106 cm³/mol. The number of fused-ring (bicyclic) bond motifs is 1. The first-order valence-electron chi connectivity index (χ1n) is 9.18. The smallest absolute Gasteiger partial charge is 0.219 e. The SMILES string of the molecule is CCC(=O)NCCn1c(CCc2ccccc2)cc2ccc(OC)cc21. The van der Waals surface area contributed by atoms with E-state index in [1.807, 2.05) is 19.1 Å². The molecule has 0 atom stereocenters. The highest BCUT2D eigenvalue weighted by Crippen LogP contribution is 2.25. The molecular weight excluding hydrogens is 324 g/mol. The monoisotopic (exact) mass is 350 g/mol. The number of aromatic nitrogens is 1. The first kappa shape index (κ1) is 18.1. The van der Waals surface area contributed by atoms with Crippen LogP contribution in [0, 0.1) is 0 Å². The Morgan fingerprint density at radius 1 is 1.08 bits per heavy atom. The van der Waals surface area contributed by atoms with Crippen molar-refractivity contribution in [1.82, 2.24) is 9.88 Å². The molecule has 4 nitrogen and oxygen atoms in total. The topological polar surface area (TPSA) is 43.3 Å². The normalized spacial score (nSPS) is 10.8. The summed E-state index contributed by atoms with van der Waals surface area (Å²) in [7, 11) is 1.69. The fraction of sp³-hybridized carbons (Fsp3) is 0.318. The minimum atomic E-state index is 0.0878. The molecule has 0 saturated carbocycles. The lowest BCUT2D eigenvalue weighted by molar-refractivity contribution is -0.120. The maximum Gasteiger partial charge on any atom is 0.219 e. The lowest BCUT2D eigenvalue weighted by Gasteiger charge is -2.12. The zero-order chi connectivity index (χ0) is 18.4. The summed E-state index contributed by atoms with van der Waals surface area (Å²) in [6, 6.07) is 18.9. The van der Waals surface area contributed by atoms with Gasteiger partial charge < -0.3 is 14.6 Å². The molecule has 0 bridgehead atoms. The summed E-state index contributed by atoms with van der Waals surface area (Å²) in [5.41, 5.74) is 3.77. The summed E-state index contributed by atoms with van der Waals surface area (Å²) in [6.07, 6.45) is 2.47. The quantitative estimate of drug-likeness (QED) is 0.668. The van der Waals surface area contributed by atoms with Crippen molar-refractivity contribution in [2.45, 2.75) is 32.7 Å². The van der Waals surface area contributed by atoms with Crippen LogP contribution >= 0.6 is 0 Å². The Bertz CT molecular complexity index is 868. The number of amides is 1. The van der Waals surface area contributed by atoms with Crippen molar-refractivity contribution in [3.63, 3.8) is 0 Å². The molecule has 26 heavy (non-hydrogen) atoms. The summed E-state index contributed by atoms with van der Waals surface area (Å²) < 4.78 is 7.70. The molecule has 0 spiro atoms. The number of hydrogen-bond acceptors (Lipinski definition) is 2. The van der Waals surface area contributed by atoms with Crippen LogP contribution in [0.15, 0.2) is 54.6 Å². The van der Waals surface area contributed by atoms with Crippen LogP contribution in [0.4, 0.5) is 0 Å². The Hall–Kier alpha value is -2.75. The maximum atomic E-state index is 11.6. The van der Waals surface area contributed by atoms with E-state index in [2.05, 4.69) is 52.3 Å². The van der Waals surface area contributed by atoms with E-state index < -0.39 is 0 Å². The van der Waals surface area contributed by atoms with Crippen LogP contribution in [0.5, 0.6) is 5.75 Å². The van der Waals surface area contributed by atoms with Crippen LogP contribution in [0.25, 0.3) is 10.9 Å². The number of hydrogen-bond donors (Lipinski definition) is 1. The molecule has 2 aromatic carbocycles. The number of aryl methyl sites for hydroxylation is 2. The van der Waals surface area contributed by atoms with Gasteiger partial charge in [0.25, 0.3) is 0 Å². The van der Waals surface area contributed by atoms with Gasteiger partial charge in [-0.2, -0.15) is 0 Å². The second kappa shape index (κ2) is 8.56. The Kier molecular flexibility index (Phi) is 5.95. The molecule has 1 aromatic heterocycles. The van der Waals surface area contributed by atoms with Gasteiger partial charge in [0, 0.05) is 36.7 Å². The van der Waals surface area contributed by atoms with Crippen molar-refractivity contribution in [3.8, 4) is 5.75 Å². The van der Waals surface area contributed by atoms with Crippen LogP contribution in [0.3, 0.4) is 0 Å². The number of nitrogens with zero attached hydrogens (tertiary/aromatic N) is 1. The van der Waals surface area contributed by atoms with E-state index in [-0.39, 0.29) is 5.91 Å². The zero-order valence-corrected chi connectivity index (χ0v) is 15.5. The number of carbonyl (C=O) groups is 1. The van der Waals surface area contributed by atoms with E-state index in [1.54, 1.807) is 7.11 Å². The maximum absolute atomic E-state index is 11.6. The molecule has 0 saturated heterocycles. The highest BCUT2D eigenvalue weighted by molar-refractivity contribution is 5.83. The molecule has 0 radical (unpaired) electrons. The van der Waals surface area contributed by atoms with Gasteiger partial charge in [0.05, 0.1) is 12.6 Å². The lowest BCUT2D eigenvalue weighted by Crippen LogP contribution is -2.26. The number of carbonyl (C=O) groups excluding carboxylic acids is 1. The van der Waals surface area contributed by atoms with E-state index >= 15 is 0 Å². The fourth-order valence-corrected chi connectivity index (χ4v) is 3.24. The van der Waals surface area contributed by atoms with Crippen LogP contribution in [-0.2, 0) is 24.2 Å². The minimum Gasteiger partial charge on any atom is -0.497 e. The van der Waals surface area contributed by atoms with Crippen molar-refractivity contribution in [1.29, 1.82) is 0 Å². The van der Waals surface area contributed by atoms with Gasteiger partial charge in [0.2, 0.25) is 5.91 Å². The Labute approximate surface area is 154 Å². The largest absolute Gasteiger partial charge is 0.497 e. The van der Waals surface area contributed by atoms with Crippen LogP contribution in [0.1, 0.15) is 24.6 Å². The van der Waals surface area contributed by atoms with Crippen LogP contribution < -0.4 is 10.1 Å². The van der Waals surface area contributed by atoms with Crippen molar-refractivity contribution in [2.75, 3.05) is 13.7 Å². The third-order valence-electron chi connectivity index (χ3n) is 4.69. The minimum absolute atomic E-state index is 0.0878. The van der Waals surface area contributed by atoms with E-state index in [4.69, 9.17) is 4.74 Å². The van der Waals surface area contributed by atoms with Crippen molar-refractivity contribution < 1.29 is 9.53 Å². The number of benzene rings is 2. The third-order valence-corrected chi connectivity index (χ3v) is 4.69. The molecule has 1 N–H and O–H groups in total. The third kappa shape index (κ3) is 4.26. The van der Waals surface area contributed by atoms with Gasteiger partial charge in [-0.05, 0) is 36.6 Å². The molecule has 1 amide bonds. The highest BCUT2D eigenvalue weighted by Gasteiger charge is 2.10. The average Bonchev–Trinajstić information content (AvgIpc) is 3.03. The number of rotatable bonds is 8. The molecule has 1 heterocycles. The van der Waals surface area contributed by atoms with Gasteiger partial charge in [-0.15, -0.1) is 0 Å². The first-order valence-corrected chi connectivity index (χ1v) is 9.18. The molecule has 0 aliphatic rings. The van der Waals surface area contributed by atoms with Gasteiger partial charge in [-0.3, -0.25) is 4.79 Å². The van der Waals surface area contributed by atoms with E-state index in [1.165, 1.54) is 16.6 Å². The molecule has 4 heteroatoms. The zero-order valence-electron chi connectivity index (χ0n) is 15.5. The first-order chi connectivity index (χ1) is 12.7. The Morgan fingerprint density at radius 3 is 2.62 bits per heavy atom. The van der Waals surface area contributed by atoms with Crippen molar-refractivity contribution >= 4 is 16.8 Å². The van der Waals surface area contributed by atoms with Gasteiger partial charge in [-0.25, -0.2) is 0 Å². The molecule has 0 aliphatic heterocycles. The number of ether oxygens (including phenoxy) is 1. The summed E-state index contributed by atoms with van der Waals surface area (Å²) in [6.45, 7) is 3.26. The van der Waals surface area contributed by atoms with Crippen molar-refractivity contribution in [2.24, 2.45) is 0 Å². The summed E-state index contributed by atoms with van der Waals surface area (Å²) in [5.74, 6) is 0.939. The number of methoxy groups -OCH3 is 1. The fourth-order valence-electron chi connectivity index (χ4n) is 3.24. The van der Waals surface area contributed by atoms with E-state index in [9.17, 15) is 4.79 Å². The average molecular weight is 350 g/mol. The van der Waals surface area contributed by atoms with Gasteiger partial charge in [0.1, 0.15) is 5.75 Å². The summed E-state index contributed by atoms with van der Waals surface area (Å²) in [5, 5.41) is 4.18. The summed E-state index contributed by atoms with van der Waals surface area (Å²) >= 11 is 0. The molecule has 3 rings (SSSR count). The highest BCUT2D eigenvalue weighted by atomic mass is 16.5. The van der Waals surface area contributed by atoms with E-state index in [0.29, 0.717) is 13.0 Å².